The Morgan fingerprint density at radius 3 is 1.16 bits per heavy atom. The maximum atomic E-state index is 4.64. The summed E-state index contributed by atoms with van der Waals surface area (Å²) in [6, 6.07) is 134. The molecule has 0 aliphatic heterocycles. The number of aryl methyl sites for hydroxylation is 5. The number of rotatable bonds is 11. The molecule has 7 heterocycles. The minimum atomic E-state index is 0. The largest absolute Gasteiger partial charge is 0.305 e. The van der Waals surface area contributed by atoms with Gasteiger partial charge in [0.25, 0.3) is 0 Å². The molecule has 17 aromatic rings. The van der Waals surface area contributed by atoms with E-state index >= 15 is 0 Å². The van der Waals surface area contributed by atoms with Crippen molar-refractivity contribution in [3.05, 3.63) is 453 Å². The molecule has 0 amide bonds. The summed E-state index contributed by atoms with van der Waals surface area (Å²) in [4.78, 5) is 30.5. The normalized spacial score (nSPS) is 9.86. The van der Waals surface area contributed by atoms with Crippen molar-refractivity contribution < 1.29 is 80.4 Å². The van der Waals surface area contributed by atoms with Gasteiger partial charge in [-0.15, -0.1) is 243 Å². The van der Waals surface area contributed by atoms with Crippen LogP contribution < -0.4 is 0 Å². The molecular formula is C103H84Ir4N7-7. The molecule has 114 heavy (non-hydrogen) atoms. The zero-order valence-electron chi connectivity index (χ0n) is 64.3. The molecular weight excluding hydrogens is 2100 g/mol. The summed E-state index contributed by atoms with van der Waals surface area (Å²) in [6.45, 7) is 14.8. The number of aromatic nitrogens is 7. The SMILES string of the molecule is Cc1[c-]c(-c2cc(C)c(-c3ccccc3)cn2)cc(C)c1.Cc1cc[c-]c(-c2cc(C(C)C)ccn2)c1.Cc1cccnc1-c1[c-]cccc1.[Ir].[Ir].[Ir].[Ir].[c-]1cc(-c2ccccc2)ccc1-c1ccccn1.[c-]1ccc(-c2ccccc2)cc1-c1ccccn1.[c-]1ccccc1-c1ccccn1.[c-]1ccccc1-c1ccccn1. The molecule has 17 rings (SSSR count). The van der Waals surface area contributed by atoms with Gasteiger partial charge in [0.1, 0.15) is 0 Å². The van der Waals surface area contributed by atoms with Gasteiger partial charge in [-0.1, -0.05) is 215 Å². The average Bonchev–Trinajstić information content (AvgIpc) is 0.809. The van der Waals surface area contributed by atoms with E-state index in [1.807, 2.05) is 231 Å². The minimum absolute atomic E-state index is 0. The van der Waals surface area contributed by atoms with Crippen molar-refractivity contribution in [3.8, 4) is 112 Å². The molecule has 0 bridgehead atoms. The van der Waals surface area contributed by atoms with E-state index in [1.54, 1.807) is 24.8 Å². The summed E-state index contributed by atoms with van der Waals surface area (Å²) in [5.41, 5.74) is 28.7. The molecule has 0 N–H and O–H groups in total. The van der Waals surface area contributed by atoms with Crippen LogP contribution in [0.4, 0.5) is 0 Å². The Labute approximate surface area is 728 Å². The third-order valence-corrected chi connectivity index (χ3v) is 17.3. The standard InChI is InChI=1S/C20H18N.2C17H12N.C15H16N.C12H10N.2C11H8N.4Ir/c1-14-9-15(2)11-18(10-14)20-12-16(3)19(13-21-20)17-7-5-4-6-8-17;1-2-7-14(8-3-1)15-9-6-10-16(13-15)17-11-4-5-12-18-17;1-2-6-14(7-3-1)15-9-11-16(12-10-15)17-8-4-5-13-18-17;1-11(2)13-7-8-16-15(10-13)14-6-4-5-12(3)9-14;1-10-6-5-9-13-12(10)11-7-3-2-4-8-11;2*1-2-6-10(7-3-1)11-8-4-5-9-12-11;;;;/h4-10,12-13H,1-3H3;1-9,11-13H;1-11,13H;4-5,7-11H,1-3H3;2-7,9H,1H3;2*1-6,8-9H;;;;/q7*-1;;;;. The van der Waals surface area contributed by atoms with Crippen LogP contribution >= 0.6 is 0 Å². The Balaban J connectivity index is 0.000000185. The maximum absolute atomic E-state index is 4.64. The van der Waals surface area contributed by atoms with Crippen molar-refractivity contribution in [2.24, 2.45) is 0 Å². The van der Waals surface area contributed by atoms with Crippen LogP contribution in [0.15, 0.2) is 377 Å². The van der Waals surface area contributed by atoms with Crippen molar-refractivity contribution in [2.75, 3.05) is 0 Å². The summed E-state index contributed by atoms with van der Waals surface area (Å²) in [7, 11) is 0. The first kappa shape index (κ1) is 90.0. The minimum Gasteiger partial charge on any atom is -0.305 e. The van der Waals surface area contributed by atoms with Gasteiger partial charge in [-0.3, -0.25) is 0 Å². The van der Waals surface area contributed by atoms with Crippen LogP contribution in [-0.2, 0) is 80.4 Å². The van der Waals surface area contributed by atoms with Gasteiger partial charge in [0, 0.05) is 129 Å². The van der Waals surface area contributed by atoms with Crippen molar-refractivity contribution in [2.45, 2.75) is 54.4 Å². The fourth-order valence-corrected chi connectivity index (χ4v) is 11.7. The molecule has 0 fully saturated rings. The van der Waals surface area contributed by atoms with Gasteiger partial charge in [-0.25, -0.2) is 0 Å². The van der Waals surface area contributed by atoms with Crippen LogP contribution in [0.5, 0.6) is 0 Å². The van der Waals surface area contributed by atoms with Crippen LogP contribution in [0.3, 0.4) is 0 Å². The Kier molecular flexibility index (Phi) is 38.5. The summed E-state index contributed by atoms with van der Waals surface area (Å²) >= 11 is 0. The number of pyridine rings is 7. The third-order valence-electron chi connectivity index (χ3n) is 17.3. The number of hydrogen-bond acceptors (Lipinski definition) is 7. The van der Waals surface area contributed by atoms with E-state index in [0.717, 1.165) is 84.4 Å². The summed E-state index contributed by atoms with van der Waals surface area (Å²) in [5.74, 6) is 0.534. The molecule has 11 heteroatoms. The topological polar surface area (TPSA) is 90.2 Å². The number of benzene rings is 10. The fourth-order valence-electron chi connectivity index (χ4n) is 11.7. The van der Waals surface area contributed by atoms with E-state index in [9.17, 15) is 0 Å². The van der Waals surface area contributed by atoms with Crippen LogP contribution in [-0.4, -0.2) is 34.9 Å². The molecule has 0 spiro atoms. The zero-order chi connectivity index (χ0) is 76.3. The second-order valence-electron chi connectivity index (χ2n) is 26.0. The van der Waals surface area contributed by atoms with Gasteiger partial charge in [-0.05, 0) is 113 Å². The maximum Gasteiger partial charge on any atom is 0.0242 e. The van der Waals surface area contributed by atoms with Crippen molar-refractivity contribution in [1.82, 2.24) is 34.9 Å². The van der Waals surface area contributed by atoms with Crippen molar-refractivity contribution in [3.63, 3.8) is 0 Å². The molecule has 0 saturated carbocycles. The van der Waals surface area contributed by atoms with E-state index in [1.165, 1.54) is 61.2 Å². The number of nitrogens with zero attached hydrogens (tertiary/aromatic N) is 7. The van der Waals surface area contributed by atoms with E-state index in [2.05, 4.69) is 247 Å². The Morgan fingerprint density at radius 2 is 0.693 bits per heavy atom. The quantitative estimate of drug-likeness (QED) is 0.119. The fraction of sp³-hybridized carbons (Fsp3) is 0.0777. The molecule has 10 aromatic carbocycles. The van der Waals surface area contributed by atoms with Crippen LogP contribution in [0.2, 0.25) is 0 Å². The second kappa shape index (κ2) is 48.7. The van der Waals surface area contributed by atoms with Gasteiger partial charge in [0.15, 0.2) is 0 Å². The van der Waals surface area contributed by atoms with Gasteiger partial charge in [0.05, 0.1) is 0 Å². The van der Waals surface area contributed by atoms with Crippen molar-refractivity contribution >= 4 is 0 Å². The molecule has 0 aliphatic carbocycles. The third kappa shape index (κ3) is 28.2. The Morgan fingerprint density at radius 1 is 0.254 bits per heavy atom. The van der Waals surface area contributed by atoms with Crippen molar-refractivity contribution in [1.29, 1.82) is 0 Å². The predicted octanol–water partition coefficient (Wildman–Crippen LogP) is 25.5. The molecule has 0 unspecified atom stereocenters. The summed E-state index contributed by atoms with van der Waals surface area (Å²) in [5, 5.41) is 0. The molecule has 7 nitrogen and oxygen atoms in total. The Hall–Kier alpha value is -11.2. The molecule has 0 atom stereocenters. The van der Waals surface area contributed by atoms with E-state index in [0.29, 0.717) is 5.92 Å². The van der Waals surface area contributed by atoms with Gasteiger partial charge >= 0.3 is 0 Å². The monoisotopic (exact) mass is 2190 g/mol. The van der Waals surface area contributed by atoms with Gasteiger partial charge in [0.2, 0.25) is 0 Å². The van der Waals surface area contributed by atoms with E-state index in [-0.39, 0.29) is 80.4 Å². The average molecular weight is 2190 g/mol. The van der Waals surface area contributed by atoms with E-state index in [4.69, 9.17) is 0 Å². The first-order valence-electron chi connectivity index (χ1n) is 36.6. The second-order valence-corrected chi connectivity index (χ2v) is 26.0. The summed E-state index contributed by atoms with van der Waals surface area (Å²) in [6.07, 6.45) is 12.8. The molecule has 4 radical (unpaired) electrons. The van der Waals surface area contributed by atoms with Crippen LogP contribution in [0, 0.1) is 77.1 Å². The smallest absolute Gasteiger partial charge is 0.0242 e. The van der Waals surface area contributed by atoms with Gasteiger partial charge in [-0.2, -0.15) is 0 Å². The van der Waals surface area contributed by atoms with Crippen LogP contribution in [0.25, 0.3) is 112 Å². The van der Waals surface area contributed by atoms with Crippen LogP contribution in [0.1, 0.15) is 53.1 Å². The first-order valence-corrected chi connectivity index (χ1v) is 36.6. The predicted molar refractivity (Wildman–Crippen MR) is 454 cm³/mol. The zero-order valence-corrected chi connectivity index (χ0v) is 73.9. The molecule has 0 aliphatic rings. The number of hydrogen-bond donors (Lipinski definition) is 0. The molecule has 0 saturated heterocycles. The molecule has 574 valence electrons. The Bertz CT molecular complexity index is 5250. The van der Waals surface area contributed by atoms with E-state index < -0.39 is 0 Å². The van der Waals surface area contributed by atoms with Gasteiger partial charge < -0.3 is 34.9 Å². The first-order chi connectivity index (χ1) is 54.0. The molecule has 7 aromatic heterocycles. The summed E-state index contributed by atoms with van der Waals surface area (Å²) < 4.78 is 0.